The highest BCUT2D eigenvalue weighted by Crippen LogP contribution is 2.22. The highest BCUT2D eigenvalue weighted by molar-refractivity contribution is 6.06. The largest absolute Gasteiger partial charge is 0.383 e. The van der Waals surface area contributed by atoms with E-state index in [4.69, 9.17) is 16.2 Å². The number of nitrogens with two attached hydrogens (primary N) is 2. The zero-order chi connectivity index (χ0) is 24.1. The number of ether oxygens (including phenoxy) is 1. The van der Waals surface area contributed by atoms with Crippen molar-refractivity contribution in [1.29, 1.82) is 0 Å². The second-order valence-corrected chi connectivity index (χ2v) is 8.05. The fraction of sp³-hybridized carbons (Fsp3) is 0.333. The number of aryl methyl sites for hydroxylation is 2. The SMILES string of the molecule is CCC[C@@H](N)c1cncc(NC(=O)c2c(N)ncn(-c3c(C)cc(COC)cc3C)c2=O)c1. The zero-order valence-corrected chi connectivity index (χ0v) is 19.4. The van der Waals surface area contributed by atoms with Gasteiger partial charge < -0.3 is 21.5 Å². The van der Waals surface area contributed by atoms with E-state index in [-0.39, 0.29) is 17.4 Å². The van der Waals surface area contributed by atoms with Gasteiger partial charge in [-0.25, -0.2) is 4.98 Å². The van der Waals surface area contributed by atoms with Gasteiger partial charge in [-0.05, 0) is 48.6 Å². The van der Waals surface area contributed by atoms with E-state index in [1.54, 1.807) is 19.4 Å². The van der Waals surface area contributed by atoms with Gasteiger partial charge in [0.15, 0.2) is 0 Å². The molecule has 174 valence electrons. The highest BCUT2D eigenvalue weighted by Gasteiger charge is 2.21. The van der Waals surface area contributed by atoms with E-state index in [0.29, 0.717) is 18.0 Å². The fourth-order valence-corrected chi connectivity index (χ4v) is 3.92. The van der Waals surface area contributed by atoms with Crippen molar-refractivity contribution in [1.82, 2.24) is 14.5 Å². The normalized spacial score (nSPS) is 11.9. The first-order chi connectivity index (χ1) is 15.8. The van der Waals surface area contributed by atoms with Crippen LogP contribution in [0.3, 0.4) is 0 Å². The van der Waals surface area contributed by atoms with Gasteiger partial charge in [0.05, 0.1) is 24.2 Å². The standard InChI is InChI=1S/C24H30N6O3/c1-5-6-19(25)17-9-18(11-27-10-17)29-23(31)20-22(26)28-13-30(24(20)32)21-14(2)7-16(12-33-4)8-15(21)3/h7-11,13,19H,5-6,12,25-26H2,1-4H3,(H,29,31)/t19-/m1/s1. The van der Waals surface area contributed by atoms with Crippen LogP contribution in [0, 0.1) is 13.8 Å². The van der Waals surface area contributed by atoms with E-state index in [9.17, 15) is 9.59 Å². The third-order valence-corrected chi connectivity index (χ3v) is 5.38. The second kappa shape index (κ2) is 10.4. The minimum atomic E-state index is -0.659. The minimum absolute atomic E-state index is 0.146. The number of carbonyl (C=O) groups excluding carboxylic acids is 1. The number of nitrogen functional groups attached to an aromatic ring is 1. The molecule has 2 heterocycles. The van der Waals surface area contributed by atoms with Gasteiger partial charge in [0, 0.05) is 19.3 Å². The summed E-state index contributed by atoms with van der Waals surface area (Å²) >= 11 is 0. The van der Waals surface area contributed by atoms with Gasteiger partial charge in [-0.2, -0.15) is 0 Å². The van der Waals surface area contributed by atoms with Crippen molar-refractivity contribution in [2.45, 2.75) is 46.3 Å². The summed E-state index contributed by atoms with van der Waals surface area (Å²) in [5.74, 6) is -0.805. The van der Waals surface area contributed by atoms with Crippen LogP contribution in [0.5, 0.6) is 0 Å². The fourth-order valence-electron chi connectivity index (χ4n) is 3.92. The van der Waals surface area contributed by atoms with Crippen LogP contribution in [-0.2, 0) is 11.3 Å². The van der Waals surface area contributed by atoms with Gasteiger partial charge in [0.25, 0.3) is 11.5 Å². The maximum absolute atomic E-state index is 13.3. The Morgan fingerprint density at radius 3 is 2.55 bits per heavy atom. The molecule has 3 rings (SSSR count). The maximum atomic E-state index is 13.3. The summed E-state index contributed by atoms with van der Waals surface area (Å²) in [5, 5.41) is 2.70. The molecule has 0 aliphatic heterocycles. The Bertz CT molecular complexity index is 1200. The van der Waals surface area contributed by atoms with Crippen molar-refractivity contribution in [2.24, 2.45) is 5.73 Å². The molecule has 0 aliphatic rings. The molecule has 0 spiro atoms. The predicted molar refractivity (Wildman–Crippen MR) is 128 cm³/mol. The molecule has 0 fully saturated rings. The second-order valence-electron chi connectivity index (χ2n) is 8.05. The third-order valence-electron chi connectivity index (χ3n) is 5.38. The van der Waals surface area contributed by atoms with Gasteiger partial charge in [0.2, 0.25) is 0 Å². The van der Waals surface area contributed by atoms with Crippen molar-refractivity contribution in [2.75, 3.05) is 18.2 Å². The number of carbonyl (C=O) groups is 1. The minimum Gasteiger partial charge on any atom is -0.383 e. The molecule has 0 aliphatic carbocycles. The van der Waals surface area contributed by atoms with Crippen LogP contribution in [-0.4, -0.2) is 27.6 Å². The first kappa shape index (κ1) is 24.1. The Morgan fingerprint density at radius 1 is 1.21 bits per heavy atom. The number of pyridine rings is 1. The number of hydrogen-bond acceptors (Lipinski definition) is 7. The van der Waals surface area contributed by atoms with E-state index in [1.807, 2.05) is 32.9 Å². The molecule has 1 atom stereocenters. The zero-order valence-electron chi connectivity index (χ0n) is 19.4. The lowest BCUT2D eigenvalue weighted by Crippen LogP contribution is -2.31. The van der Waals surface area contributed by atoms with Crippen molar-refractivity contribution in [3.63, 3.8) is 0 Å². The van der Waals surface area contributed by atoms with E-state index in [2.05, 4.69) is 15.3 Å². The molecule has 0 radical (unpaired) electrons. The van der Waals surface area contributed by atoms with Gasteiger partial charge in [-0.1, -0.05) is 25.5 Å². The van der Waals surface area contributed by atoms with Crippen LogP contribution < -0.4 is 22.3 Å². The molecule has 1 amide bonds. The number of nitrogens with one attached hydrogen (secondary N) is 1. The number of aromatic nitrogens is 3. The van der Waals surface area contributed by atoms with E-state index >= 15 is 0 Å². The van der Waals surface area contributed by atoms with Crippen molar-refractivity contribution >= 4 is 17.4 Å². The Hall–Kier alpha value is -3.56. The highest BCUT2D eigenvalue weighted by atomic mass is 16.5. The molecule has 0 saturated heterocycles. The molecule has 9 heteroatoms. The molecule has 0 bridgehead atoms. The molecule has 5 N–H and O–H groups in total. The molecule has 0 unspecified atom stereocenters. The van der Waals surface area contributed by atoms with Gasteiger partial charge in [-0.15, -0.1) is 0 Å². The number of benzene rings is 1. The number of rotatable bonds is 8. The van der Waals surface area contributed by atoms with Gasteiger partial charge >= 0.3 is 0 Å². The Kier molecular flexibility index (Phi) is 7.57. The molecule has 0 saturated carbocycles. The summed E-state index contributed by atoms with van der Waals surface area (Å²) in [5.41, 5.74) is 15.9. The smallest absolute Gasteiger partial charge is 0.272 e. The van der Waals surface area contributed by atoms with Crippen molar-refractivity contribution < 1.29 is 9.53 Å². The molecular formula is C24H30N6O3. The number of methoxy groups -OCH3 is 1. The average molecular weight is 451 g/mol. The lowest BCUT2D eigenvalue weighted by molar-refractivity contribution is 0.102. The van der Waals surface area contributed by atoms with E-state index < -0.39 is 11.5 Å². The third kappa shape index (κ3) is 5.27. The Morgan fingerprint density at radius 2 is 1.91 bits per heavy atom. The average Bonchev–Trinajstić information content (AvgIpc) is 2.75. The predicted octanol–water partition coefficient (Wildman–Crippen LogP) is 3.03. The van der Waals surface area contributed by atoms with Crippen LogP contribution in [0.25, 0.3) is 5.69 Å². The lowest BCUT2D eigenvalue weighted by atomic mass is 10.0. The van der Waals surface area contributed by atoms with Crippen LogP contribution in [0.1, 0.15) is 58.4 Å². The molecule has 9 nitrogen and oxygen atoms in total. The quantitative estimate of drug-likeness (QED) is 0.479. The van der Waals surface area contributed by atoms with Gasteiger partial charge in [-0.3, -0.25) is 19.1 Å². The molecular weight excluding hydrogens is 420 g/mol. The summed E-state index contributed by atoms with van der Waals surface area (Å²) in [6, 6.07) is 5.43. The Balaban J connectivity index is 1.98. The Labute approximate surface area is 192 Å². The summed E-state index contributed by atoms with van der Waals surface area (Å²) in [6.45, 7) is 6.28. The first-order valence-corrected chi connectivity index (χ1v) is 10.7. The first-order valence-electron chi connectivity index (χ1n) is 10.7. The maximum Gasteiger partial charge on any atom is 0.272 e. The molecule has 33 heavy (non-hydrogen) atoms. The van der Waals surface area contributed by atoms with Crippen LogP contribution >= 0.6 is 0 Å². The molecule has 3 aromatic rings. The number of hydrogen-bond donors (Lipinski definition) is 3. The number of amides is 1. The summed E-state index contributed by atoms with van der Waals surface area (Å²) in [7, 11) is 1.63. The van der Waals surface area contributed by atoms with Crippen molar-refractivity contribution in [3.8, 4) is 5.69 Å². The lowest BCUT2D eigenvalue weighted by Gasteiger charge is -2.16. The monoisotopic (exact) mass is 450 g/mol. The van der Waals surface area contributed by atoms with Crippen molar-refractivity contribution in [3.05, 3.63) is 75.1 Å². The van der Waals surface area contributed by atoms with Gasteiger partial charge in [0.1, 0.15) is 17.7 Å². The number of nitrogens with zero attached hydrogens (tertiary/aromatic N) is 3. The summed E-state index contributed by atoms with van der Waals surface area (Å²) in [6.07, 6.45) is 6.22. The van der Waals surface area contributed by atoms with E-state index in [1.165, 1.54) is 17.1 Å². The number of anilines is 2. The van der Waals surface area contributed by atoms with E-state index in [0.717, 1.165) is 35.1 Å². The molecule has 1 aromatic carbocycles. The van der Waals surface area contributed by atoms with Crippen LogP contribution in [0.15, 0.2) is 41.7 Å². The van der Waals surface area contributed by atoms with Crippen LogP contribution in [0.4, 0.5) is 11.5 Å². The summed E-state index contributed by atoms with van der Waals surface area (Å²) < 4.78 is 6.55. The van der Waals surface area contributed by atoms with Crippen LogP contribution in [0.2, 0.25) is 0 Å². The topological polar surface area (TPSA) is 138 Å². The summed E-state index contributed by atoms with van der Waals surface area (Å²) in [4.78, 5) is 34.6. The molecule has 2 aromatic heterocycles.